The number of ether oxygens (including phenoxy) is 1. The van der Waals surface area contributed by atoms with Gasteiger partial charge in [-0.05, 0) is 48.7 Å². The first-order valence-corrected chi connectivity index (χ1v) is 11.6. The van der Waals surface area contributed by atoms with E-state index in [2.05, 4.69) is 9.71 Å². The number of esters is 1. The van der Waals surface area contributed by atoms with Gasteiger partial charge in [0.05, 0.1) is 41.5 Å². The van der Waals surface area contributed by atoms with Gasteiger partial charge in [0.15, 0.2) is 0 Å². The van der Waals surface area contributed by atoms with Gasteiger partial charge >= 0.3 is 5.97 Å². The zero-order valence-electron chi connectivity index (χ0n) is 17.8. The lowest BCUT2D eigenvalue weighted by Crippen LogP contribution is -2.25. The zero-order valence-corrected chi connectivity index (χ0v) is 19.5. The highest BCUT2D eigenvalue weighted by molar-refractivity contribution is 7.89. The van der Waals surface area contributed by atoms with Crippen LogP contribution in [0.4, 0.5) is 4.39 Å². The summed E-state index contributed by atoms with van der Waals surface area (Å²) in [5, 5.41) is 0. The average molecular weight is 495 g/mol. The molecular formula is C22H24ClFN4O4S. The van der Waals surface area contributed by atoms with Gasteiger partial charge in [-0.1, -0.05) is 12.1 Å². The number of methoxy groups -OCH3 is 1. The zero-order chi connectivity index (χ0) is 22.9. The number of hydrogen-bond donors (Lipinski definition) is 2. The van der Waals surface area contributed by atoms with Gasteiger partial charge in [0, 0.05) is 18.2 Å². The van der Waals surface area contributed by atoms with Crippen LogP contribution < -0.4 is 10.5 Å². The van der Waals surface area contributed by atoms with E-state index in [-0.39, 0.29) is 42.0 Å². The van der Waals surface area contributed by atoms with E-state index in [1.807, 2.05) is 0 Å². The first-order chi connectivity index (χ1) is 15.3. The monoisotopic (exact) mass is 494 g/mol. The fourth-order valence-electron chi connectivity index (χ4n) is 3.42. The Morgan fingerprint density at radius 1 is 1.33 bits per heavy atom. The van der Waals surface area contributed by atoms with Gasteiger partial charge in [-0.25, -0.2) is 27.3 Å². The predicted octanol–water partition coefficient (Wildman–Crippen LogP) is 3.16. The fourth-order valence-corrected chi connectivity index (χ4v) is 4.77. The summed E-state index contributed by atoms with van der Waals surface area (Å²) in [6, 6.07) is 9.56. The van der Waals surface area contributed by atoms with Crippen LogP contribution in [-0.2, 0) is 21.3 Å². The summed E-state index contributed by atoms with van der Waals surface area (Å²) in [5.74, 6) is -1.01. The largest absolute Gasteiger partial charge is 0.465 e. The molecule has 8 nitrogen and oxygen atoms in total. The minimum absolute atomic E-state index is 0. The van der Waals surface area contributed by atoms with Crippen molar-refractivity contribution < 1.29 is 22.3 Å². The van der Waals surface area contributed by atoms with Crippen molar-refractivity contribution in [1.29, 1.82) is 0 Å². The second-order valence-electron chi connectivity index (χ2n) is 7.57. The number of nitrogens with one attached hydrogen (secondary N) is 1. The molecule has 11 heteroatoms. The molecule has 1 aliphatic carbocycles. The predicted molar refractivity (Wildman–Crippen MR) is 125 cm³/mol. The highest BCUT2D eigenvalue weighted by Gasteiger charge is 2.28. The molecule has 0 saturated heterocycles. The van der Waals surface area contributed by atoms with Gasteiger partial charge in [-0.2, -0.15) is 0 Å². The molecule has 1 aliphatic rings. The Hall–Kier alpha value is -2.79. The average Bonchev–Trinajstić information content (AvgIpc) is 3.50. The molecule has 1 saturated carbocycles. The lowest BCUT2D eigenvalue weighted by molar-refractivity contribution is 0.0601. The van der Waals surface area contributed by atoms with Crippen molar-refractivity contribution in [2.45, 2.75) is 30.3 Å². The lowest BCUT2D eigenvalue weighted by Gasteiger charge is -2.11. The molecule has 0 bridgehead atoms. The van der Waals surface area contributed by atoms with E-state index in [0.717, 1.165) is 12.8 Å². The van der Waals surface area contributed by atoms with E-state index >= 15 is 0 Å². The highest BCUT2D eigenvalue weighted by atomic mass is 35.5. The quantitative estimate of drug-likeness (QED) is 0.465. The van der Waals surface area contributed by atoms with E-state index in [9.17, 15) is 17.6 Å². The van der Waals surface area contributed by atoms with Gasteiger partial charge in [0.1, 0.15) is 5.83 Å². The number of fused-ring (bicyclic) bond motifs is 1. The van der Waals surface area contributed by atoms with Gasteiger partial charge in [-0.15, -0.1) is 12.4 Å². The number of carbonyl (C=O) groups is 1. The number of halogens is 2. The van der Waals surface area contributed by atoms with Crippen LogP contribution in [-0.4, -0.2) is 43.6 Å². The SMILES string of the molecule is COC(=O)c1cc(-c2cccc(S(=O)(=O)NC3CC3)c2)c2ncn(C/C(F)=C/CN)c2c1.Cl. The molecule has 3 N–H and O–H groups in total. The van der Waals surface area contributed by atoms with Gasteiger partial charge in [0.25, 0.3) is 0 Å². The Kier molecular flexibility index (Phi) is 7.53. The van der Waals surface area contributed by atoms with Gasteiger partial charge in [0.2, 0.25) is 10.0 Å². The molecule has 0 spiro atoms. The van der Waals surface area contributed by atoms with Crippen LogP contribution in [0.3, 0.4) is 0 Å². The summed E-state index contributed by atoms with van der Waals surface area (Å²) in [6.07, 6.45) is 4.38. The molecule has 0 radical (unpaired) electrons. The third-order valence-corrected chi connectivity index (χ3v) is 6.68. The molecular weight excluding hydrogens is 471 g/mol. The number of benzene rings is 2. The molecule has 33 heavy (non-hydrogen) atoms. The number of aromatic nitrogens is 2. The van der Waals surface area contributed by atoms with Crippen molar-refractivity contribution in [3.05, 3.63) is 60.2 Å². The molecule has 0 atom stereocenters. The highest BCUT2D eigenvalue weighted by Crippen LogP contribution is 2.32. The van der Waals surface area contributed by atoms with Crippen LogP contribution in [0.5, 0.6) is 0 Å². The number of sulfonamides is 1. The van der Waals surface area contributed by atoms with Crippen LogP contribution in [0.1, 0.15) is 23.2 Å². The molecule has 1 heterocycles. The summed E-state index contributed by atoms with van der Waals surface area (Å²) < 4.78 is 48.5. The number of allylic oxidation sites excluding steroid dienone is 1. The molecule has 176 valence electrons. The van der Waals surface area contributed by atoms with Crippen molar-refractivity contribution in [2.24, 2.45) is 5.73 Å². The van der Waals surface area contributed by atoms with E-state index in [0.29, 0.717) is 22.2 Å². The Labute approximate surface area is 197 Å². The van der Waals surface area contributed by atoms with Crippen LogP contribution in [0.15, 0.2) is 59.5 Å². The summed E-state index contributed by atoms with van der Waals surface area (Å²) in [7, 11) is -2.40. The molecule has 1 fully saturated rings. The molecule has 2 aromatic carbocycles. The third-order valence-electron chi connectivity index (χ3n) is 5.16. The first-order valence-electron chi connectivity index (χ1n) is 10.1. The molecule has 0 amide bonds. The van der Waals surface area contributed by atoms with Crippen molar-refractivity contribution in [3.63, 3.8) is 0 Å². The molecule has 0 aliphatic heterocycles. The first kappa shape index (κ1) is 24.8. The maximum Gasteiger partial charge on any atom is 0.337 e. The van der Waals surface area contributed by atoms with Gasteiger partial charge in [-0.3, -0.25) is 0 Å². The number of hydrogen-bond acceptors (Lipinski definition) is 6. The van der Waals surface area contributed by atoms with E-state index < -0.39 is 21.8 Å². The Bertz CT molecular complexity index is 1320. The van der Waals surface area contributed by atoms with E-state index in [1.54, 1.807) is 28.8 Å². The van der Waals surface area contributed by atoms with Crippen LogP contribution in [0.2, 0.25) is 0 Å². The minimum atomic E-state index is -3.67. The Balaban J connectivity index is 0.00000306. The van der Waals surface area contributed by atoms with Crippen molar-refractivity contribution in [2.75, 3.05) is 13.7 Å². The molecule has 0 unspecified atom stereocenters. The normalized spacial score (nSPS) is 14.2. The fraction of sp³-hybridized carbons (Fsp3) is 0.273. The Morgan fingerprint density at radius 2 is 2.09 bits per heavy atom. The second-order valence-corrected chi connectivity index (χ2v) is 9.28. The summed E-state index contributed by atoms with van der Waals surface area (Å²) in [5.41, 5.74) is 7.72. The molecule has 1 aromatic heterocycles. The lowest BCUT2D eigenvalue weighted by atomic mass is 10.0. The number of rotatable bonds is 8. The topological polar surface area (TPSA) is 116 Å². The van der Waals surface area contributed by atoms with E-state index in [1.165, 1.54) is 31.6 Å². The Morgan fingerprint density at radius 3 is 2.76 bits per heavy atom. The van der Waals surface area contributed by atoms with Crippen molar-refractivity contribution in [3.8, 4) is 11.1 Å². The van der Waals surface area contributed by atoms with Gasteiger partial charge < -0.3 is 15.0 Å². The number of nitrogens with zero attached hydrogens (tertiary/aromatic N) is 2. The smallest absolute Gasteiger partial charge is 0.337 e. The van der Waals surface area contributed by atoms with Crippen molar-refractivity contribution in [1.82, 2.24) is 14.3 Å². The number of nitrogens with two attached hydrogens (primary N) is 1. The summed E-state index contributed by atoms with van der Waals surface area (Å²) in [6.45, 7) is -0.0369. The maximum absolute atomic E-state index is 14.1. The van der Waals surface area contributed by atoms with Crippen LogP contribution in [0.25, 0.3) is 22.2 Å². The summed E-state index contributed by atoms with van der Waals surface area (Å²) in [4.78, 5) is 16.8. The molecule has 3 aromatic rings. The van der Waals surface area contributed by atoms with Crippen LogP contribution >= 0.6 is 12.4 Å². The van der Waals surface area contributed by atoms with E-state index in [4.69, 9.17) is 10.5 Å². The number of carbonyl (C=O) groups excluding carboxylic acids is 1. The third kappa shape index (κ3) is 5.41. The second kappa shape index (κ2) is 10.0. The standard InChI is InChI=1S/C22H23FN4O4S.ClH/c1-31-22(28)15-10-19(21-20(11-15)27(13-25-21)12-16(23)7-8-24)14-3-2-4-18(9-14)32(29,30)26-17-5-6-17;/h2-4,7,9-11,13,17,26H,5-6,8,12,24H2,1H3;1H/b16-7-;. The minimum Gasteiger partial charge on any atom is -0.465 e. The summed E-state index contributed by atoms with van der Waals surface area (Å²) >= 11 is 0. The number of imidazole rings is 1. The molecule has 4 rings (SSSR count). The van der Waals surface area contributed by atoms with Crippen LogP contribution in [0, 0.1) is 0 Å². The van der Waals surface area contributed by atoms with Crippen molar-refractivity contribution >= 4 is 39.4 Å². The maximum atomic E-state index is 14.1.